The zero-order valence-corrected chi connectivity index (χ0v) is 24.1. The van der Waals surface area contributed by atoms with Crippen LogP contribution in [0.5, 0.6) is 5.75 Å². The lowest BCUT2D eigenvalue weighted by molar-refractivity contribution is -0.140. The first-order valence-electron chi connectivity index (χ1n) is 12.6. The molecular formula is C27H36BrN3O5S. The second-order valence-electron chi connectivity index (χ2n) is 9.36. The van der Waals surface area contributed by atoms with Gasteiger partial charge in [-0.1, -0.05) is 50.5 Å². The normalized spacial score (nSPS) is 15.0. The zero-order chi connectivity index (χ0) is 27.0. The molecular weight excluding hydrogens is 558 g/mol. The van der Waals surface area contributed by atoms with Crippen molar-refractivity contribution in [1.82, 2.24) is 10.2 Å². The van der Waals surface area contributed by atoms with E-state index in [-0.39, 0.29) is 18.5 Å². The van der Waals surface area contributed by atoms with Gasteiger partial charge < -0.3 is 15.0 Å². The third-order valence-corrected chi connectivity index (χ3v) is 8.42. The summed E-state index contributed by atoms with van der Waals surface area (Å²) in [5.41, 5.74) is 1.14. The number of carbonyl (C=O) groups excluding carboxylic acids is 2. The lowest BCUT2D eigenvalue weighted by Gasteiger charge is -2.34. The molecule has 1 atom stereocenters. The molecule has 3 rings (SSSR count). The highest BCUT2D eigenvalue weighted by Crippen LogP contribution is 2.28. The molecule has 2 aromatic carbocycles. The van der Waals surface area contributed by atoms with Gasteiger partial charge in [0.2, 0.25) is 21.8 Å². The largest absolute Gasteiger partial charge is 0.497 e. The Bertz CT molecular complexity index is 1180. The van der Waals surface area contributed by atoms with E-state index in [1.165, 1.54) is 11.3 Å². The highest BCUT2D eigenvalue weighted by Gasteiger charge is 2.33. The first kappa shape index (κ1) is 29.0. The Kier molecular flexibility index (Phi) is 10.4. The first-order valence-corrected chi connectivity index (χ1v) is 15.2. The molecule has 1 aliphatic rings. The third kappa shape index (κ3) is 7.95. The highest BCUT2D eigenvalue weighted by atomic mass is 79.9. The van der Waals surface area contributed by atoms with Crippen molar-refractivity contribution in [3.8, 4) is 5.75 Å². The SMILES string of the molecule is CCC(C(=O)NC1CCCCC1)N(Cc1cccc(OC)c1)C(=O)CN(c1ccccc1Br)S(C)(=O)=O. The van der Waals surface area contributed by atoms with Gasteiger partial charge in [0.1, 0.15) is 18.3 Å². The number of hydrogen-bond acceptors (Lipinski definition) is 5. The summed E-state index contributed by atoms with van der Waals surface area (Å²) in [4.78, 5) is 28.8. The number of anilines is 1. The van der Waals surface area contributed by atoms with Crippen LogP contribution in [0.1, 0.15) is 51.0 Å². The van der Waals surface area contributed by atoms with Crippen molar-refractivity contribution in [3.05, 3.63) is 58.6 Å². The number of halogens is 1. The van der Waals surface area contributed by atoms with Gasteiger partial charge in [-0.2, -0.15) is 0 Å². The van der Waals surface area contributed by atoms with Crippen LogP contribution in [0.15, 0.2) is 53.0 Å². The van der Waals surface area contributed by atoms with Crippen LogP contribution in [0.25, 0.3) is 0 Å². The Morgan fingerprint density at radius 1 is 1.11 bits per heavy atom. The fourth-order valence-corrected chi connectivity index (χ4v) is 6.16. The Morgan fingerprint density at radius 3 is 2.43 bits per heavy atom. The molecule has 1 saturated carbocycles. The van der Waals surface area contributed by atoms with Crippen LogP contribution in [0, 0.1) is 0 Å². The quantitative estimate of drug-likeness (QED) is 0.414. The molecule has 10 heteroatoms. The number of hydrogen-bond donors (Lipinski definition) is 1. The summed E-state index contributed by atoms with van der Waals surface area (Å²) in [6.45, 7) is 1.57. The predicted molar refractivity (Wildman–Crippen MR) is 149 cm³/mol. The van der Waals surface area contributed by atoms with E-state index in [1.54, 1.807) is 37.4 Å². The maximum atomic E-state index is 13.8. The van der Waals surface area contributed by atoms with Crippen LogP contribution >= 0.6 is 15.9 Å². The maximum Gasteiger partial charge on any atom is 0.244 e. The van der Waals surface area contributed by atoms with E-state index < -0.39 is 28.5 Å². The second kappa shape index (κ2) is 13.3. The van der Waals surface area contributed by atoms with Crippen LogP contribution in [-0.2, 0) is 26.2 Å². The average Bonchev–Trinajstić information content (AvgIpc) is 2.87. The van der Waals surface area contributed by atoms with Crippen molar-refractivity contribution in [2.45, 2.75) is 64.1 Å². The minimum absolute atomic E-state index is 0.0943. The van der Waals surface area contributed by atoms with E-state index in [1.807, 2.05) is 25.1 Å². The molecule has 1 unspecified atom stereocenters. The number of carbonyl (C=O) groups is 2. The lowest BCUT2D eigenvalue weighted by Crippen LogP contribution is -2.54. The molecule has 202 valence electrons. The molecule has 0 heterocycles. The van der Waals surface area contributed by atoms with Gasteiger partial charge in [0.15, 0.2) is 0 Å². The van der Waals surface area contributed by atoms with Gasteiger partial charge in [-0.15, -0.1) is 0 Å². The van der Waals surface area contributed by atoms with Crippen LogP contribution < -0.4 is 14.4 Å². The van der Waals surface area contributed by atoms with Gasteiger partial charge in [0, 0.05) is 17.1 Å². The number of para-hydroxylation sites is 1. The molecule has 2 aromatic rings. The van der Waals surface area contributed by atoms with Crippen molar-refractivity contribution < 1.29 is 22.7 Å². The van der Waals surface area contributed by atoms with Gasteiger partial charge in [-0.3, -0.25) is 13.9 Å². The highest BCUT2D eigenvalue weighted by molar-refractivity contribution is 9.10. The van der Waals surface area contributed by atoms with Crippen molar-refractivity contribution in [2.75, 3.05) is 24.2 Å². The Hall–Kier alpha value is -2.59. The summed E-state index contributed by atoms with van der Waals surface area (Å²) in [5, 5.41) is 3.14. The average molecular weight is 595 g/mol. The van der Waals surface area contributed by atoms with Crippen molar-refractivity contribution >= 4 is 43.5 Å². The van der Waals surface area contributed by atoms with E-state index in [0.717, 1.165) is 41.8 Å². The molecule has 0 bridgehead atoms. The number of sulfonamides is 1. The number of methoxy groups -OCH3 is 1. The number of amides is 2. The van der Waals surface area contributed by atoms with E-state index in [2.05, 4.69) is 21.2 Å². The summed E-state index contributed by atoms with van der Waals surface area (Å²) < 4.78 is 32.5. The summed E-state index contributed by atoms with van der Waals surface area (Å²) in [6, 6.07) is 13.5. The van der Waals surface area contributed by atoms with Gasteiger partial charge in [0.25, 0.3) is 0 Å². The minimum atomic E-state index is -3.79. The molecule has 0 saturated heterocycles. The van der Waals surface area contributed by atoms with Crippen molar-refractivity contribution in [2.24, 2.45) is 0 Å². The summed E-state index contributed by atoms with van der Waals surface area (Å²) >= 11 is 3.40. The van der Waals surface area contributed by atoms with Crippen LogP contribution in [0.2, 0.25) is 0 Å². The van der Waals surface area contributed by atoms with Crippen molar-refractivity contribution in [3.63, 3.8) is 0 Å². The molecule has 37 heavy (non-hydrogen) atoms. The van der Waals surface area contributed by atoms with Gasteiger partial charge in [0.05, 0.1) is 19.1 Å². The fourth-order valence-electron chi connectivity index (χ4n) is 4.68. The van der Waals surface area contributed by atoms with Gasteiger partial charge in [-0.25, -0.2) is 8.42 Å². The molecule has 1 fully saturated rings. The minimum Gasteiger partial charge on any atom is -0.497 e. The maximum absolute atomic E-state index is 13.8. The molecule has 0 radical (unpaired) electrons. The lowest BCUT2D eigenvalue weighted by atomic mass is 9.95. The Morgan fingerprint density at radius 2 is 1.81 bits per heavy atom. The Labute approximate surface area is 228 Å². The van der Waals surface area contributed by atoms with Crippen LogP contribution in [0.3, 0.4) is 0 Å². The third-order valence-electron chi connectivity index (χ3n) is 6.62. The molecule has 0 aromatic heterocycles. The number of rotatable bonds is 11. The molecule has 2 amide bonds. The van der Waals surface area contributed by atoms with E-state index in [9.17, 15) is 18.0 Å². The van der Waals surface area contributed by atoms with Crippen LogP contribution in [-0.4, -0.2) is 57.1 Å². The molecule has 8 nitrogen and oxygen atoms in total. The summed E-state index contributed by atoms with van der Waals surface area (Å²) in [6.07, 6.45) is 6.63. The monoisotopic (exact) mass is 593 g/mol. The van der Waals surface area contributed by atoms with Crippen LogP contribution in [0.4, 0.5) is 5.69 Å². The molecule has 1 N–H and O–H groups in total. The standard InChI is InChI=1S/C27H36BrN3O5S/c1-4-24(27(33)29-21-12-6-5-7-13-21)30(18-20-11-10-14-22(17-20)36-2)26(32)19-31(37(3,34)35)25-16-9-8-15-23(25)28/h8-11,14-17,21,24H,4-7,12-13,18-19H2,1-3H3,(H,29,33). The Balaban J connectivity index is 1.93. The smallest absolute Gasteiger partial charge is 0.244 e. The van der Waals surface area contributed by atoms with E-state index in [0.29, 0.717) is 22.3 Å². The van der Waals surface area contributed by atoms with Crippen molar-refractivity contribution in [1.29, 1.82) is 0 Å². The molecule has 0 spiro atoms. The number of nitrogens with one attached hydrogen (secondary N) is 1. The molecule has 1 aliphatic carbocycles. The second-order valence-corrected chi connectivity index (χ2v) is 12.1. The van der Waals surface area contributed by atoms with Gasteiger partial charge >= 0.3 is 0 Å². The van der Waals surface area contributed by atoms with E-state index in [4.69, 9.17) is 4.74 Å². The van der Waals surface area contributed by atoms with Gasteiger partial charge in [-0.05, 0) is 65.0 Å². The number of ether oxygens (including phenoxy) is 1. The number of nitrogens with zero attached hydrogens (tertiary/aromatic N) is 2. The van der Waals surface area contributed by atoms with E-state index >= 15 is 0 Å². The summed E-state index contributed by atoms with van der Waals surface area (Å²) in [5.74, 6) is -0.0392. The fraction of sp³-hybridized carbons (Fsp3) is 0.481. The zero-order valence-electron chi connectivity index (χ0n) is 21.7. The topological polar surface area (TPSA) is 96.0 Å². The number of benzene rings is 2. The predicted octanol–water partition coefficient (Wildman–Crippen LogP) is 4.48. The summed E-state index contributed by atoms with van der Waals surface area (Å²) in [7, 11) is -2.23. The first-order chi connectivity index (χ1) is 17.6. The molecule has 0 aliphatic heterocycles.